The molecule has 0 radical (unpaired) electrons. The van der Waals surface area contributed by atoms with Crippen LogP contribution in [0.5, 0.6) is 0 Å². The molecule has 0 aromatic rings. The van der Waals surface area contributed by atoms with Gasteiger partial charge < -0.3 is 108 Å². The van der Waals surface area contributed by atoms with Crippen LogP contribution in [0, 0.1) is 5.41 Å². The molecule has 0 amide bonds. The van der Waals surface area contributed by atoms with Gasteiger partial charge in [0.25, 0.3) is 0 Å². The lowest BCUT2D eigenvalue weighted by Crippen LogP contribution is -2.42. The van der Waals surface area contributed by atoms with E-state index in [1.807, 2.05) is 138 Å². The van der Waals surface area contributed by atoms with Crippen molar-refractivity contribution in [2.24, 2.45) is 57.0 Å². The number of hydrogen-bond acceptors (Lipinski definition) is 21. The summed E-state index contributed by atoms with van der Waals surface area (Å²) in [5, 5.41) is 0. The first-order valence-electron chi connectivity index (χ1n) is 28.6. The highest BCUT2D eigenvalue weighted by molar-refractivity contribution is 4.74. The lowest BCUT2D eigenvalue weighted by molar-refractivity contribution is -0.229. The van der Waals surface area contributed by atoms with E-state index in [9.17, 15) is 0 Å². The Morgan fingerprint density at radius 3 is 0.936 bits per heavy atom. The van der Waals surface area contributed by atoms with E-state index in [1.54, 1.807) is 0 Å². The van der Waals surface area contributed by atoms with Crippen molar-refractivity contribution >= 4 is 0 Å². The molecule has 0 rings (SSSR count). The van der Waals surface area contributed by atoms with E-state index in [0.29, 0.717) is 79.2 Å². The number of ether oxygens (including phenoxy) is 12. The summed E-state index contributed by atoms with van der Waals surface area (Å²) in [5.41, 5.74) is 49.7. The number of nitrogens with two attached hydrogens (primary N) is 9. The van der Waals surface area contributed by atoms with Crippen molar-refractivity contribution in [2.45, 2.75) is 275 Å². The van der Waals surface area contributed by atoms with Crippen molar-refractivity contribution in [2.75, 3.05) is 92.4 Å². The summed E-state index contributed by atoms with van der Waals surface area (Å²) < 4.78 is 65.3. The number of rotatable bonds is 37. The highest BCUT2D eigenvalue weighted by Crippen LogP contribution is 2.21. The van der Waals surface area contributed by atoms with Crippen molar-refractivity contribution in [3.05, 3.63) is 0 Å². The smallest absolute Gasteiger partial charge is 0.162 e. The van der Waals surface area contributed by atoms with Crippen LogP contribution >= 0.6 is 0 Å². The normalized spacial score (nSPS) is 14.7. The monoisotopic (exact) mass is 1140 g/mol. The molecule has 21 nitrogen and oxygen atoms in total. The maximum Gasteiger partial charge on any atom is 0.162 e. The van der Waals surface area contributed by atoms with E-state index < -0.39 is 23.1 Å². The molecule has 21 heteroatoms. The first-order chi connectivity index (χ1) is 35.2. The molecule has 0 aromatic heterocycles. The molecule has 0 aliphatic heterocycles. The second-order valence-corrected chi connectivity index (χ2v) is 25.0. The molecule has 5 unspecified atom stereocenters. The van der Waals surface area contributed by atoms with Gasteiger partial charge in [0.1, 0.15) is 0 Å². The average Bonchev–Trinajstić information content (AvgIpc) is 3.31. The van der Waals surface area contributed by atoms with E-state index in [4.69, 9.17) is 108 Å². The molecular formula is C57H135N9O12. The first-order valence-corrected chi connectivity index (χ1v) is 28.6. The van der Waals surface area contributed by atoms with E-state index >= 15 is 0 Å². The Labute approximate surface area is 480 Å². The van der Waals surface area contributed by atoms with Crippen molar-refractivity contribution in [3.63, 3.8) is 0 Å². The van der Waals surface area contributed by atoms with Crippen LogP contribution in [0.3, 0.4) is 0 Å². The third-order valence-corrected chi connectivity index (χ3v) is 9.00. The van der Waals surface area contributed by atoms with Gasteiger partial charge in [-0.15, -0.1) is 0 Å². The van der Waals surface area contributed by atoms with Gasteiger partial charge in [0, 0.05) is 67.1 Å². The summed E-state index contributed by atoms with van der Waals surface area (Å²) in [6.45, 7) is 56.6. The molecule has 0 spiro atoms. The second kappa shape index (κ2) is 47.5. The zero-order valence-corrected chi connectivity index (χ0v) is 55.3. The standard InChI is InChI=1S/C12H27NO2.C11H26N2O2.C10H24N2O2.C9H22N2O2.C8H19NO2.C7H17NO2/c1-10(2,3)8-14-12(6,7)15-9-11(4,5)13;1-5-9(12)7-14-11(3,4)15-8-10(13)6-2;1-8(13-6-9(2,3)11)14-7-10(4,5)12;1-7(10)5-12-9(3,4)13-6-8(2)11;1-4-6-10-8(2,3)11-7-5-9;1-3-5-9-7(2)10-6-4-8/h8-9,13H2,1-7H3;9-10H,5-8,12-13H2,1-4H3;8H,6-7,11-12H2,1-5H3;7-8H,5-6,10-11H2,1-4H3;4-7,9H2,1-3H3;7H,3-6,8H2,1-2H3. The second-order valence-electron chi connectivity index (χ2n) is 25.0. The number of hydrogen-bond donors (Lipinski definition) is 9. The Morgan fingerprint density at radius 2 is 0.628 bits per heavy atom. The minimum Gasteiger partial charge on any atom is -0.353 e. The topological polar surface area (TPSA) is 345 Å². The van der Waals surface area contributed by atoms with Crippen molar-refractivity contribution < 1.29 is 56.8 Å². The van der Waals surface area contributed by atoms with E-state index in [2.05, 4.69) is 34.6 Å². The molecule has 0 aliphatic carbocycles. The molecule has 78 heavy (non-hydrogen) atoms. The van der Waals surface area contributed by atoms with Gasteiger partial charge in [0.15, 0.2) is 35.7 Å². The van der Waals surface area contributed by atoms with Crippen LogP contribution in [0.2, 0.25) is 0 Å². The minimum atomic E-state index is -0.598. The molecule has 5 atom stereocenters. The van der Waals surface area contributed by atoms with Gasteiger partial charge in [-0.3, -0.25) is 0 Å². The highest BCUT2D eigenvalue weighted by Gasteiger charge is 2.26. The molecule has 0 aliphatic rings. The largest absolute Gasteiger partial charge is 0.353 e. The van der Waals surface area contributed by atoms with Gasteiger partial charge in [-0.25, -0.2) is 0 Å². The Hall–Kier alpha value is -0.840. The highest BCUT2D eigenvalue weighted by atomic mass is 16.7. The summed E-state index contributed by atoms with van der Waals surface area (Å²) >= 11 is 0. The van der Waals surface area contributed by atoms with E-state index in [1.165, 1.54) is 0 Å². The summed E-state index contributed by atoms with van der Waals surface area (Å²) in [5.74, 6) is -2.24. The molecular weight excluding hydrogens is 1000 g/mol. The lowest BCUT2D eigenvalue weighted by atomic mass is 9.98. The van der Waals surface area contributed by atoms with Crippen molar-refractivity contribution in [1.29, 1.82) is 0 Å². The van der Waals surface area contributed by atoms with Crippen LogP contribution in [-0.2, 0) is 56.8 Å². The van der Waals surface area contributed by atoms with Gasteiger partial charge in [0.05, 0.1) is 66.1 Å². The fourth-order valence-corrected chi connectivity index (χ4v) is 4.36. The maximum absolute atomic E-state index is 5.84. The third kappa shape index (κ3) is 81.6. The van der Waals surface area contributed by atoms with E-state index in [-0.39, 0.29) is 58.8 Å². The predicted molar refractivity (Wildman–Crippen MR) is 323 cm³/mol. The quantitative estimate of drug-likeness (QED) is 0.0285. The van der Waals surface area contributed by atoms with Crippen LogP contribution in [-0.4, -0.2) is 169 Å². The SMILES string of the molecule is CC(C)(C)COC(C)(C)OCC(C)(C)N.CC(N)COC(C)(C)OCC(C)N.CC(OCC(C)(C)N)OCC(C)(C)N.CCC(N)COC(C)(C)OCC(N)CC.CCCOC(C)(C)OCCN.CCCOC(C)OCCN. The average molecular weight is 1140 g/mol. The Kier molecular flexibility index (Phi) is 53.8. The predicted octanol–water partition coefficient (Wildman–Crippen LogP) is 6.92. The zero-order chi connectivity index (χ0) is 62.7. The van der Waals surface area contributed by atoms with Gasteiger partial charge in [-0.2, -0.15) is 0 Å². The molecule has 480 valence electrons. The first kappa shape index (κ1) is 88.4. The van der Waals surface area contributed by atoms with Crippen molar-refractivity contribution in [3.8, 4) is 0 Å². The summed E-state index contributed by atoms with van der Waals surface area (Å²) in [6, 6.07) is 0.205. The molecule has 0 fully saturated rings. The molecule has 0 aromatic carbocycles. The lowest BCUT2D eigenvalue weighted by Gasteiger charge is -2.32. The Bertz CT molecular complexity index is 1210. The fourth-order valence-electron chi connectivity index (χ4n) is 4.36. The van der Waals surface area contributed by atoms with Gasteiger partial charge in [0.2, 0.25) is 0 Å². The minimum absolute atomic E-state index is 0.0261. The van der Waals surface area contributed by atoms with Crippen LogP contribution in [0.15, 0.2) is 0 Å². The van der Waals surface area contributed by atoms with Crippen LogP contribution in [0.1, 0.15) is 199 Å². The summed E-state index contributed by atoms with van der Waals surface area (Å²) in [6.07, 6.45) is 3.48. The summed E-state index contributed by atoms with van der Waals surface area (Å²) in [7, 11) is 0. The third-order valence-electron chi connectivity index (χ3n) is 9.00. The molecule has 0 saturated carbocycles. The maximum atomic E-state index is 5.84. The van der Waals surface area contributed by atoms with Crippen LogP contribution < -0.4 is 51.6 Å². The molecule has 0 bridgehead atoms. The van der Waals surface area contributed by atoms with E-state index in [0.717, 1.165) is 38.9 Å². The molecule has 0 saturated heterocycles. The molecule has 0 heterocycles. The van der Waals surface area contributed by atoms with Crippen LogP contribution in [0.4, 0.5) is 0 Å². The molecule has 18 N–H and O–H groups in total. The van der Waals surface area contributed by atoms with Gasteiger partial charge in [-0.1, -0.05) is 48.5 Å². The fraction of sp³-hybridized carbons (Fsp3) is 1.00. The van der Waals surface area contributed by atoms with Gasteiger partial charge >= 0.3 is 0 Å². The summed E-state index contributed by atoms with van der Waals surface area (Å²) in [4.78, 5) is 0. The van der Waals surface area contributed by atoms with Crippen LogP contribution in [0.25, 0.3) is 0 Å². The Morgan fingerprint density at radius 1 is 0.333 bits per heavy atom. The van der Waals surface area contributed by atoms with Crippen molar-refractivity contribution in [1.82, 2.24) is 0 Å². The Balaban J connectivity index is -0.000000200. The zero-order valence-electron chi connectivity index (χ0n) is 55.3. The van der Waals surface area contributed by atoms with Gasteiger partial charge in [-0.05, 0) is 156 Å².